The Balaban J connectivity index is 2.01. The van der Waals surface area contributed by atoms with E-state index in [1.54, 1.807) is 11.1 Å². The molecule has 0 unspecified atom stereocenters. The number of aromatic nitrogens is 1. The second-order valence-corrected chi connectivity index (χ2v) is 13.1. The number of nitrogens with zero attached hydrogens (tertiary/aromatic N) is 1. The van der Waals surface area contributed by atoms with E-state index in [9.17, 15) is 0 Å². The summed E-state index contributed by atoms with van der Waals surface area (Å²) in [5.74, 6) is 0. The van der Waals surface area contributed by atoms with Crippen LogP contribution in [0.1, 0.15) is 212 Å². The standard InChI is InChI=1S/C39H74N/c1-4-7-9-11-13-15-17-19-21-23-25-27-29-31-33-38-35-39(37-40(6-3)36-38)34-32-30-28-26-24-22-20-18-16-14-12-10-8-5-2/h35-37H,4-34H2,1-3H3/q+1. The van der Waals surface area contributed by atoms with Gasteiger partial charge in [-0.25, -0.2) is 4.57 Å². The van der Waals surface area contributed by atoms with Gasteiger partial charge in [0.1, 0.15) is 6.54 Å². The van der Waals surface area contributed by atoms with Gasteiger partial charge in [0, 0.05) is 11.1 Å². The number of hydrogen-bond donors (Lipinski definition) is 0. The van der Waals surface area contributed by atoms with Gasteiger partial charge in [0.15, 0.2) is 12.4 Å². The van der Waals surface area contributed by atoms with Gasteiger partial charge in [-0.3, -0.25) is 0 Å². The minimum Gasteiger partial charge on any atom is -0.205 e. The van der Waals surface area contributed by atoms with Crippen molar-refractivity contribution in [2.75, 3.05) is 0 Å². The summed E-state index contributed by atoms with van der Waals surface area (Å²) in [5, 5.41) is 0. The van der Waals surface area contributed by atoms with Crippen molar-refractivity contribution in [1.82, 2.24) is 0 Å². The first-order valence-corrected chi connectivity index (χ1v) is 18.8. The molecule has 1 rings (SSSR count). The van der Waals surface area contributed by atoms with E-state index >= 15 is 0 Å². The second kappa shape index (κ2) is 29.6. The first-order valence-electron chi connectivity index (χ1n) is 18.8. The van der Waals surface area contributed by atoms with Gasteiger partial charge in [0.25, 0.3) is 0 Å². The third-order valence-electron chi connectivity index (χ3n) is 9.04. The van der Waals surface area contributed by atoms with Gasteiger partial charge in [0.05, 0.1) is 0 Å². The van der Waals surface area contributed by atoms with Gasteiger partial charge >= 0.3 is 0 Å². The molecule has 0 aliphatic carbocycles. The molecule has 0 radical (unpaired) electrons. The fraction of sp³-hybridized carbons (Fsp3) is 0.872. The molecule has 0 spiro atoms. The van der Waals surface area contributed by atoms with E-state index in [-0.39, 0.29) is 0 Å². The smallest absolute Gasteiger partial charge is 0.171 e. The van der Waals surface area contributed by atoms with Crippen molar-refractivity contribution >= 4 is 0 Å². The molecule has 40 heavy (non-hydrogen) atoms. The fourth-order valence-corrected chi connectivity index (χ4v) is 6.28. The van der Waals surface area contributed by atoms with Gasteiger partial charge < -0.3 is 0 Å². The predicted molar refractivity (Wildman–Crippen MR) is 180 cm³/mol. The van der Waals surface area contributed by atoms with Crippen LogP contribution in [0.15, 0.2) is 18.5 Å². The van der Waals surface area contributed by atoms with Crippen LogP contribution < -0.4 is 4.57 Å². The third kappa shape index (κ3) is 23.8. The van der Waals surface area contributed by atoms with Crippen molar-refractivity contribution in [3.8, 4) is 0 Å². The Morgan fingerprint density at radius 3 is 0.850 bits per heavy atom. The average molecular weight is 557 g/mol. The number of unbranched alkanes of at least 4 members (excludes halogenated alkanes) is 26. The van der Waals surface area contributed by atoms with Crippen LogP contribution >= 0.6 is 0 Å². The van der Waals surface area contributed by atoms with Crippen molar-refractivity contribution in [1.29, 1.82) is 0 Å². The summed E-state index contributed by atoms with van der Waals surface area (Å²) >= 11 is 0. The zero-order valence-electron chi connectivity index (χ0n) is 28.1. The number of aryl methyl sites for hydroxylation is 3. The molecular weight excluding hydrogens is 482 g/mol. The number of rotatable bonds is 31. The van der Waals surface area contributed by atoms with Crippen molar-refractivity contribution in [2.24, 2.45) is 0 Å². The summed E-state index contributed by atoms with van der Waals surface area (Å²) in [6, 6.07) is 2.52. The molecule has 0 saturated carbocycles. The van der Waals surface area contributed by atoms with E-state index < -0.39 is 0 Å². The molecule has 1 heteroatoms. The van der Waals surface area contributed by atoms with E-state index in [2.05, 4.69) is 43.8 Å². The van der Waals surface area contributed by atoms with Gasteiger partial charge in [0.2, 0.25) is 0 Å². The Kier molecular flexibility index (Phi) is 27.5. The molecule has 0 fully saturated rings. The summed E-state index contributed by atoms with van der Waals surface area (Å²) in [4.78, 5) is 0. The Morgan fingerprint density at radius 1 is 0.350 bits per heavy atom. The van der Waals surface area contributed by atoms with Gasteiger partial charge in [-0.05, 0) is 38.7 Å². The highest BCUT2D eigenvalue weighted by Gasteiger charge is 2.07. The van der Waals surface area contributed by atoms with Crippen molar-refractivity contribution in [2.45, 2.75) is 220 Å². The molecule has 234 valence electrons. The highest BCUT2D eigenvalue weighted by Crippen LogP contribution is 2.16. The Morgan fingerprint density at radius 2 is 0.600 bits per heavy atom. The number of pyridine rings is 1. The molecule has 1 heterocycles. The summed E-state index contributed by atoms with van der Waals surface area (Å²) < 4.78 is 2.43. The minimum atomic E-state index is 1.10. The maximum absolute atomic E-state index is 2.52. The van der Waals surface area contributed by atoms with Crippen LogP contribution in [0.2, 0.25) is 0 Å². The summed E-state index contributed by atoms with van der Waals surface area (Å²) in [6.45, 7) is 7.99. The molecule has 0 atom stereocenters. The normalized spacial score (nSPS) is 11.5. The van der Waals surface area contributed by atoms with Crippen LogP contribution in [0.5, 0.6) is 0 Å². The van der Waals surface area contributed by atoms with Gasteiger partial charge in [-0.15, -0.1) is 0 Å². The second-order valence-electron chi connectivity index (χ2n) is 13.1. The topological polar surface area (TPSA) is 3.88 Å². The molecule has 0 N–H and O–H groups in total. The van der Waals surface area contributed by atoms with Gasteiger partial charge in [-0.1, -0.05) is 181 Å². The molecule has 1 aromatic rings. The van der Waals surface area contributed by atoms with E-state index in [1.807, 2.05) is 0 Å². The lowest BCUT2D eigenvalue weighted by Gasteiger charge is -2.06. The van der Waals surface area contributed by atoms with Crippen LogP contribution in [0.3, 0.4) is 0 Å². The Labute approximate surface area is 253 Å². The average Bonchev–Trinajstić information content (AvgIpc) is 2.97. The molecule has 0 aliphatic rings. The molecule has 0 saturated heterocycles. The van der Waals surface area contributed by atoms with Crippen LogP contribution in [0, 0.1) is 0 Å². The Bertz CT molecular complexity index is 585. The van der Waals surface area contributed by atoms with Crippen molar-refractivity contribution < 1.29 is 4.57 Å². The van der Waals surface area contributed by atoms with E-state index in [1.165, 1.54) is 193 Å². The zero-order valence-corrected chi connectivity index (χ0v) is 28.1. The fourth-order valence-electron chi connectivity index (χ4n) is 6.28. The predicted octanol–water partition coefficient (Wildman–Crippen LogP) is 13.0. The summed E-state index contributed by atoms with van der Waals surface area (Å²) in [7, 11) is 0. The van der Waals surface area contributed by atoms with E-state index in [0.29, 0.717) is 0 Å². The first kappa shape index (κ1) is 37.2. The largest absolute Gasteiger partial charge is 0.205 e. The monoisotopic (exact) mass is 557 g/mol. The highest BCUT2D eigenvalue weighted by atomic mass is 14.9. The van der Waals surface area contributed by atoms with E-state index in [0.717, 1.165) is 6.54 Å². The maximum atomic E-state index is 2.52. The minimum absolute atomic E-state index is 1.10. The quantitative estimate of drug-likeness (QED) is 0.0632. The SMILES string of the molecule is CCCCCCCCCCCCCCCCc1cc(CCCCCCCCCCCCCCCC)c[n+](CC)c1. The summed E-state index contributed by atoms with van der Waals surface area (Å²) in [6.07, 6.45) is 47.7. The first-order chi connectivity index (χ1) is 19.8. The summed E-state index contributed by atoms with van der Waals surface area (Å²) in [5.41, 5.74) is 3.15. The van der Waals surface area contributed by atoms with Crippen LogP contribution in [-0.2, 0) is 19.4 Å². The highest BCUT2D eigenvalue weighted by molar-refractivity contribution is 5.15. The van der Waals surface area contributed by atoms with Crippen LogP contribution in [-0.4, -0.2) is 0 Å². The molecule has 0 amide bonds. The third-order valence-corrected chi connectivity index (χ3v) is 9.04. The molecule has 0 bridgehead atoms. The maximum Gasteiger partial charge on any atom is 0.171 e. The lowest BCUT2D eigenvalue weighted by molar-refractivity contribution is -0.694. The van der Waals surface area contributed by atoms with Crippen molar-refractivity contribution in [3.63, 3.8) is 0 Å². The molecular formula is C39H74N+. The van der Waals surface area contributed by atoms with Crippen LogP contribution in [0.25, 0.3) is 0 Å². The number of hydrogen-bond acceptors (Lipinski definition) is 0. The lowest BCUT2D eigenvalue weighted by atomic mass is 10.0. The van der Waals surface area contributed by atoms with Gasteiger partial charge in [-0.2, -0.15) is 0 Å². The molecule has 0 aromatic carbocycles. The molecule has 1 aromatic heterocycles. The molecule has 1 nitrogen and oxygen atoms in total. The van der Waals surface area contributed by atoms with Crippen LogP contribution in [0.4, 0.5) is 0 Å². The van der Waals surface area contributed by atoms with E-state index in [4.69, 9.17) is 0 Å². The van der Waals surface area contributed by atoms with Crippen molar-refractivity contribution in [3.05, 3.63) is 29.6 Å². The molecule has 0 aliphatic heterocycles. The zero-order chi connectivity index (χ0) is 28.8. The Hall–Kier alpha value is -0.850. The lowest BCUT2D eigenvalue weighted by Crippen LogP contribution is -2.32.